The monoisotopic (exact) mass is 376 g/mol. The van der Waals surface area contributed by atoms with E-state index in [1.54, 1.807) is 18.3 Å². The highest BCUT2D eigenvalue weighted by Crippen LogP contribution is 2.38. The number of rotatable bonds is 6. The minimum absolute atomic E-state index is 0.142. The molecular formula is C22H24N4O2. The molecule has 6 heteroatoms. The summed E-state index contributed by atoms with van der Waals surface area (Å²) in [5, 5.41) is 8.54. The fraction of sp³-hybridized carbons (Fsp3) is 0.364. The first-order valence-corrected chi connectivity index (χ1v) is 9.75. The lowest BCUT2D eigenvalue weighted by molar-refractivity contribution is 0.0920. The lowest BCUT2D eigenvalue weighted by atomic mass is 10.0. The first-order valence-electron chi connectivity index (χ1n) is 9.75. The highest BCUT2D eigenvalue weighted by atomic mass is 16.2. The Morgan fingerprint density at radius 1 is 1.18 bits per heavy atom. The van der Waals surface area contributed by atoms with Crippen molar-refractivity contribution in [1.29, 1.82) is 0 Å². The Bertz CT molecular complexity index is 1060. The van der Waals surface area contributed by atoms with Gasteiger partial charge in [0.2, 0.25) is 0 Å². The Morgan fingerprint density at radius 2 is 1.96 bits per heavy atom. The second-order valence-corrected chi connectivity index (χ2v) is 7.76. The Hall–Kier alpha value is -3.02. The van der Waals surface area contributed by atoms with Crippen LogP contribution in [-0.2, 0) is 6.54 Å². The van der Waals surface area contributed by atoms with Gasteiger partial charge < -0.3 is 5.32 Å². The zero-order valence-electron chi connectivity index (χ0n) is 16.1. The van der Waals surface area contributed by atoms with Crippen LogP contribution in [0.3, 0.4) is 0 Å². The van der Waals surface area contributed by atoms with E-state index in [0.29, 0.717) is 23.5 Å². The molecule has 0 saturated heterocycles. The molecule has 0 bridgehead atoms. The molecule has 0 aliphatic heterocycles. The van der Waals surface area contributed by atoms with Crippen LogP contribution < -0.4 is 10.9 Å². The SMILES string of the molecule is CC(C)[C@@H](Cn1nc(C2CC2)ccc1=O)NC(=O)c1cccc2cccnc12. The molecule has 1 aliphatic rings. The molecule has 0 spiro atoms. The predicted molar refractivity (Wildman–Crippen MR) is 108 cm³/mol. The number of aromatic nitrogens is 3. The van der Waals surface area contributed by atoms with Crippen molar-refractivity contribution >= 4 is 16.8 Å². The smallest absolute Gasteiger partial charge is 0.266 e. The Morgan fingerprint density at radius 3 is 2.71 bits per heavy atom. The van der Waals surface area contributed by atoms with Gasteiger partial charge in [-0.15, -0.1) is 0 Å². The molecule has 4 rings (SSSR count). The standard InChI is InChI=1S/C22H24N4O2/c1-14(2)19(13-26-20(27)11-10-18(25-26)15-8-9-15)24-22(28)17-7-3-5-16-6-4-12-23-21(16)17/h3-7,10-12,14-15,19H,8-9,13H2,1-2H3,(H,24,28)/t19-/m1/s1. The normalized spacial score (nSPS) is 15.0. The number of pyridine rings is 1. The maximum absolute atomic E-state index is 13.0. The number of hydrogen-bond acceptors (Lipinski definition) is 4. The largest absolute Gasteiger partial charge is 0.347 e. The van der Waals surface area contributed by atoms with Crippen LogP contribution in [0.2, 0.25) is 0 Å². The van der Waals surface area contributed by atoms with Gasteiger partial charge in [-0.25, -0.2) is 4.68 Å². The molecule has 0 radical (unpaired) electrons. The minimum Gasteiger partial charge on any atom is -0.347 e. The molecular weight excluding hydrogens is 352 g/mol. The predicted octanol–water partition coefficient (Wildman–Crippen LogP) is 3.12. The topological polar surface area (TPSA) is 76.9 Å². The maximum atomic E-state index is 13.0. The summed E-state index contributed by atoms with van der Waals surface area (Å²) in [5.74, 6) is 0.431. The fourth-order valence-electron chi connectivity index (χ4n) is 3.34. The molecule has 2 heterocycles. The van der Waals surface area contributed by atoms with E-state index in [9.17, 15) is 9.59 Å². The van der Waals surface area contributed by atoms with Crippen molar-refractivity contribution in [3.63, 3.8) is 0 Å². The lowest BCUT2D eigenvalue weighted by Crippen LogP contribution is -2.44. The Kier molecular flexibility index (Phi) is 4.94. The molecule has 28 heavy (non-hydrogen) atoms. The summed E-state index contributed by atoms with van der Waals surface area (Å²) >= 11 is 0. The number of carbonyl (C=O) groups is 1. The molecule has 144 valence electrons. The van der Waals surface area contributed by atoms with Gasteiger partial charge >= 0.3 is 0 Å². The average Bonchev–Trinajstić information content (AvgIpc) is 3.53. The van der Waals surface area contributed by atoms with E-state index in [0.717, 1.165) is 23.9 Å². The summed E-state index contributed by atoms with van der Waals surface area (Å²) in [7, 11) is 0. The molecule has 2 aromatic heterocycles. The van der Waals surface area contributed by atoms with Crippen LogP contribution in [0.5, 0.6) is 0 Å². The van der Waals surface area contributed by atoms with Gasteiger partial charge in [-0.05, 0) is 37.0 Å². The highest BCUT2D eigenvalue weighted by Gasteiger charge is 2.26. The van der Waals surface area contributed by atoms with Gasteiger partial charge in [0.05, 0.1) is 29.4 Å². The van der Waals surface area contributed by atoms with Crippen molar-refractivity contribution in [1.82, 2.24) is 20.1 Å². The molecule has 1 aliphatic carbocycles. The summed E-state index contributed by atoms with van der Waals surface area (Å²) < 4.78 is 1.49. The maximum Gasteiger partial charge on any atom is 0.266 e. The van der Waals surface area contributed by atoms with Crippen molar-refractivity contribution in [2.75, 3.05) is 0 Å². The van der Waals surface area contributed by atoms with Gasteiger partial charge in [-0.3, -0.25) is 14.6 Å². The van der Waals surface area contributed by atoms with E-state index in [1.807, 2.05) is 44.2 Å². The first kappa shape index (κ1) is 18.3. The summed E-state index contributed by atoms with van der Waals surface area (Å²) in [6.45, 7) is 4.41. The summed E-state index contributed by atoms with van der Waals surface area (Å²) in [6, 6.07) is 12.5. The fourth-order valence-corrected chi connectivity index (χ4v) is 3.34. The second kappa shape index (κ2) is 7.54. The van der Waals surface area contributed by atoms with E-state index < -0.39 is 0 Å². The molecule has 1 aromatic carbocycles. The minimum atomic E-state index is -0.217. The van der Waals surface area contributed by atoms with Crippen LogP contribution in [0.1, 0.15) is 48.7 Å². The van der Waals surface area contributed by atoms with E-state index in [1.165, 1.54) is 4.68 Å². The van der Waals surface area contributed by atoms with Crippen molar-refractivity contribution in [3.8, 4) is 0 Å². The third-order valence-electron chi connectivity index (χ3n) is 5.25. The molecule has 0 unspecified atom stereocenters. The second-order valence-electron chi connectivity index (χ2n) is 7.76. The van der Waals surface area contributed by atoms with E-state index in [-0.39, 0.29) is 23.4 Å². The molecule has 1 saturated carbocycles. The highest BCUT2D eigenvalue weighted by molar-refractivity contribution is 6.05. The van der Waals surface area contributed by atoms with Crippen molar-refractivity contribution in [2.45, 2.75) is 45.2 Å². The molecule has 1 atom stereocenters. The van der Waals surface area contributed by atoms with Gasteiger partial charge in [0.15, 0.2) is 0 Å². The number of benzene rings is 1. The third kappa shape index (κ3) is 3.81. The lowest BCUT2D eigenvalue weighted by Gasteiger charge is -2.23. The average molecular weight is 376 g/mol. The molecule has 1 fully saturated rings. The van der Waals surface area contributed by atoms with Crippen LogP contribution in [0.4, 0.5) is 0 Å². The molecule has 6 nitrogen and oxygen atoms in total. The summed E-state index contributed by atoms with van der Waals surface area (Å²) in [4.78, 5) is 29.6. The number of nitrogens with one attached hydrogen (secondary N) is 1. The van der Waals surface area contributed by atoms with Crippen LogP contribution in [0.25, 0.3) is 10.9 Å². The molecule has 3 aromatic rings. The molecule has 1 N–H and O–H groups in total. The Balaban J connectivity index is 1.58. The Labute approximate surface area is 163 Å². The van der Waals surface area contributed by atoms with E-state index >= 15 is 0 Å². The van der Waals surface area contributed by atoms with Gasteiger partial charge in [0.25, 0.3) is 11.5 Å². The number of fused-ring (bicyclic) bond motifs is 1. The van der Waals surface area contributed by atoms with Crippen molar-refractivity contribution in [2.24, 2.45) is 5.92 Å². The van der Waals surface area contributed by atoms with Crippen molar-refractivity contribution < 1.29 is 4.79 Å². The number of para-hydroxylation sites is 1. The van der Waals surface area contributed by atoms with Crippen LogP contribution >= 0.6 is 0 Å². The zero-order chi connectivity index (χ0) is 19.7. The summed E-state index contributed by atoms with van der Waals surface area (Å²) in [5.41, 5.74) is 2.04. The third-order valence-corrected chi connectivity index (χ3v) is 5.25. The van der Waals surface area contributed by atoms with E-state index in [2.05, 4.69) is 15.4 Å². The van der Waals surface area contributed by atoms with Gasteiger partial charge in [-0.1, -0.05) is 32.0 Å². The van der Waals surface area contributed by atoms with Gasteiger partial charge in [0, 0.05) is 23.6 Å². The van der Waals surface area contributed by atoms with Gasteiger partial charge in [0.1, 0.15) is 0 Å². The number of nitrogens with zero attached hydrogens (tertiary/aromatic N) is 3. The van der Waals surface area contributed by atoms with E-state index in [4.69, 9.17) is 0 Å². The number of hydrogen-bond donors (Lipinski definition) is 1. The number of amides is 1. The zero-order valence-corrected chi connectivity index (χ0v) is 16.1. The van der Waals surface area contributed by atoms with Gasteiger partial charge in [-0.2, -0.15) is 5.10 Å². The van der Waals surface area contributed by atoms with Crippen molar-refractivity contribution in [3.05, 3.63) is 70.3 Å². The van der Waals surface area contributed by atoms with Crippen LogP contribution in [0, 0.1) is 5.92 Å². The van der Waals surface area contributed by atoms with Crippen LogP contribution in [-0.4, -0.2) is 26.7 Å². The first-order chi connectivity index (χ1) is 13.5. The molecule has 1 amide bonds. The van der Waals surface area contributed by atoms with Crippen LogP contribution in [0.15, 0.2) is 53.5 Å². The summed E-state index contributed by atoms with van der Waals surface area (Å²) in [6.07, 6.45) is 3.94. The quantitative estimate of drug-likeness (QED) is 0.717. The number of carbonyl (C=O) groups excluding carboxylic acids is 1.